The van der Waals surface area contributed by atoms with Crippen LogP contribution in [0.2, 0.25) is 0 Å². The Morgan fingerprint density at radius 2 is 1.68 bits per heavy atom. The Morgan fingerprint density at radius 1 is 1.00 bits per heavy atom. The number of hydrogen-bond donors (Lipinski definition) is 0. The van der Waals surface area contributed by atoms with Crippen molar-refractivity contribution < 1.29 is 16.9 Å². The van der Waals surface area contributed by atoms with Crippen LogP contribution in [0.25, 0.3) is 10.8 Å². The summed E-state index contributed by atoms with van der Waals surface area (Å²) in [6.07, 6.45) is 0. The van der Waals surface area contributed by atoms with Crippen LogP contribution in [0, 0.1) is 11.8 Å². The van der Waals surface area contributed by atoms with E-state index in [-0.39, 0.29) is 12.4 Å². The van der Waals surface area contributed by atoms with E-state index in [0.29, 0.717) is 0 Å². The molecule has 0 saturated carbocycles. The molecule has 0 N–H and O–H groups in total. The summed E-state index contributed by atoms with van der Waals surface area (Å²) in [5.41, 5.74) is 1.40. The zero-order valence-electron chi connectivity index (χ0n) is 11.8. The molecule has 0 aliphatic rings. The van der Waals surface area contributed by atoms with Crippen LogP contribution >= 0.6 is 0 Å². The van der Waals surface area contributed by atoms with E-state index in [0.717, 1.165) is 17.6 Å². The fourth-order valence-electron chi connectivity index (χ4n) is 2.24. The number of benzene rings is 2. The molecule has 0 fully saturated rings. The highest BCUT2D eigenvalue weighted by atomic mass is 35.5. The molecule has 2 aromatic rings. The molecule has 2 heteroatoms. The second-order valence-electron chi connectivity index (χ2n) is 5.32. The average molecular weight is 274 g/mol. The molecule has 0 saturated heterocycles. The van der Waals surface area contributed by atoms with Crippen LogP contribution in [0.5, 0.6) is 0 Å². The van der Waals surface area contributed by atoms with E-state index in [1.807, 2.05) is 6.92 Å². The van der Waals surface area contributed by atoms with E-state index in [2.05, 4.69) is 68.4 Å². The Labute approximate surface area is 122 Å². The summed E-state index contributed by atoms with van der Waals surface area (Å²) in [7, 11) is 4.46. The molecule has 0 amide bonds. The minimum absolute atomic E-state index is 0. The third kappa shape index (κ3) is 3.99. The maximum atomic E-state index is 3.18. The predicted octanol–water partition coefficient (Wildman–Crippen LogP) is 0.444. The monoisotopic (exact) mass is 273 g/mol. The van der Waals surface area contributed by atoms with Crippen molar-refractivity contribution in [3.8, 4) is 11.8 Å². The number of rotatable bonds is 3. The lowest BCUT2D eigenvalue weighted by atomic mass is 10.0. The Kier molecular flexibility index (Phi) is 5.42. The summed E-state index contributed by atoms with van der Waals surface area (Å²) in [5.74, 6) is 6.16. The maximum absolute atomic E-state index is 3.18. The smallest absolute Gasteiger partial charge is 0.140 e. The van der Waals surface area contributed by atoms with Crippen LogP contribution in [0.3, 0.4) is 0 Å². The maximum Gasteiger partial charge on any atom is 0.140 e. The molecule has 0 atom stereocenters. The van der Waals surface area contributed by atoms with Crippen molar-refractivity contribution in [2.75, 3.05) is 20.6 Å². The molecule has 0 aliphatic carbocycles. The van der Waals surface area contributed by atoms with E-state index in [4.69, 9.17) is 0 Å². The molecule has 0 aliphatic heterocycles. The Morgan fingerprint density at radius 3 is 2.42 bits per heavy atom. The fraction of sp³-hybridized carbons (Fsp3) is 0.294. The number of hydrogen-bond acceptors (Lipinski definition) is 0. The number of halogens is 1. The van der Waals surface area contributed by atoms with E-state index < -0.39 is 0 Å². The highest BCUT2D eigenvalue weighted by molar-refractivity contribution is 5.85. The van der Waals surface area contributed by atoms with Gasteiger partial charge < -0.3 is 16.9 Å². The Balaban J connectivity index is 0.00000180. The van der Waals surface area contributed by atoms with E-state index >= 15 is 0 Å². The van der Waals surface area contributed by atoms with Gasteiger partial charge in [-0.15, -0.1) is 5.92 Å². The molecule has 2 rings (SSSR count). The predicted molar refractivity (Wildman–Crippen MR) is 78.1 cm³/mol. The Hall–Kier alpha value is -1.49. The summed E-state index contributed by atoms with van der Waals surface area (Å²) in [5, 5.41) is 2.67. The van der Waals surface area contributed by atoms with E-state index in [1.165, 1.54) is 16.3 Å². The highest BCUT2D eigenvalue weighted by Crippen LogP contribution is 2.21. The summed E-state index contributed by atoms with van der Waals surface area (Å²) in [4.78, 5) is 0. The lowest BCUT2D eigenvalue weighted by Gasteiger charge is -2.28. The lowest BCUT2D eigenvalue weighted by molar-refractivity contribution is -0.896. The van der Waals surface area contributed by atoms with Crippen molar-refractivity contribution in [1.82, 2.24) is 0 Å². The SMILES string of the molecule is CC#CC[N+](C)(C)Cc1cccc2ccccc12.[Cl-]. The number of quaternary nitrogens is 1. The Bertz CT molecular complexity index is 600. The molecule has 2 aromatic carbocycles. The van der Waals surface area contributed by atoms with Gasteiger partial charge in [-0.25, -0.2) is 0 Å². The highest BCUT2D eigenvalue weighted by Gasteiger charge is 2.15. The van der Waals surface area contributed by atoms with Gasteiger partial charge in [0.2, 0.25) is 0 Å². The van der Waals surface area contributed by atoms with Gasteiger partial charge in [0.25, 0.3) is 0 Å². The van der Waals surface area contributed by atoms with Gasteiger partial charge >= 0.3 is 0 Å². The van der Waals surface area contributed by atoms with Crippen LogP contribution in [-0.2, 0) is 6.54 Å². The molecule has 0 radical (unpaired) electrons. The molecule has 0 aromatic heterocycles. The quantitative estimate of drug-likeness (QED) is 0.563. The molecular formula is C17H20ClN. The van der Waals surface area contributed by atoms with Gasteiger partial charge in [0.15, 0.2) is 0 Å². The first-order chi connectivity index (χ1) is 8.62. The molecule has 0 heterocycles. The minimum atomic E-state index is 0. The largest absolute Gasteiger partial charge is 1.00 e. The third-order valence-electron chi connectivity index (χ3n) is 3.16. The zero-order chi connectivity index (χ0) is 13.0. The molecule has 19 heavy (non-hydrogen) atoms. The summed E-state index contributed by atoms with van der Waals surface area (Å²) >= 11 is 0. The standard InChI is InChI=1S/C17H20N.ClH/c1-4-5-13-18(2,3)14-16-11-8-10-15-9-6-7-12-17(15)16;/h6-12H,13-14H2,1-3H3;1H/q+1;/p-1. The van der Waals surface area contributed by atoms with Crippen LogP contribution in [0.4, 0.5) is 0 Å². The molecular weight excluding hydrogens is 254 g/mol. The van der Waals surface area contributed by atoms with Crippen molar-refractivity contribution in [2.24, 2.45) is 0 Å². The van der Waals surface area contributed by atoms with E-state index in [1.54, 1.807) is 0 Å². The van der Waals surface area contributed by atoms with Gasteiger partial charge in [0, 0.05) is 5.56 Å². The topological polar surface area (TPSA) is 0 Å². The normalized spacial score (nSPS) is 10.5. The van der Waals surface area contributed by atoms with Crippen molar-refractivity contribution >= 4 is 10.8 Å². The molecule has 0 spiro atoms. The van der Waals surface area contributed by atoms with Crippen LogP contribution in [0.1, 0.15) is 12.5 Å². The second kappa shape index (κ2) is 6.61. The van der Waals surface area contributed by atoms with Gasteiger partial charge in [-0.2, -0.15) is 0 Å². The van der Waals surface area contributed by atoms with Crippen LogP contribution < -0.4 is 12.4 Å². The third-order valence-corrected chi connectivity index (χ3v) is 3.16. The minimum Gasteiger partial charge on any atom is -1.00 e. The van der Waals surface area contributed by atoms with E-state index in [9.17, 15) is 0 Å². The van der Waals surface area contributed by atoms with Gasteiger partial charge in [-0.1, -0.05) is 42.5 Å². The lowest BCUT2D eigenvalue weighted by Crippen LogP contribution is -3.00. The van der Waals surface area contributed by atoms with Gasteiger partial charge in [-0.3, -0.25) is 0 Å². The number of fused-ring (bicyclic) bond motifs is 1. The van der Waals surface area contributed by atoms with Crippen molar-refractivity contribution in [3.05, 3.63) is 48.0 Å². The first kappa shape index (κ1) is 15.6. The molecule has 0 bridgehead atoms. The summed E-state index contributed by atoms with van der Waals surface area (Å²) in [6, 6.07) is 15.1. The zero-order valence-corrected chi connectivity index (χ0v) is 12.5. The molecule has 100 valence electrons. The van der Waals surface area contributed by atoms with Crippen molar-refractivity contribution in [2.45, 2.75) is 13.5 Å². The summed E-state index contributed by atoms with van der Waals surface area (Å²) in [6.45, 7) is 3.80. The first-order valence-corrected chi connectivity index (χ1v) is 6.31. The molecule has 0 unspecified atom stereocenters. The van der Waals surface area contributed by atoms with Crippen molar-refractivity contribution in [1.29, 1.82) is 0 Å². The van der Waals surface area contributed by atoms with Crippen LogP contribution in [0.15, 0.2) is 42.5 Å². The van der Waals surface area contributed by atoms with Gasteiger partial charge in [0.05, 0.1) is 14.1 Å². The number of nitrogens with zero attached hydrogens (tertiary/aromatic N) is 1. The average Bonchev–Trinajstić information content (AvgIpc) is 2.37. The van der Waals surface area contributed by atoms with Crippen LogP contribution in [-0.4, -0.2) is 25.1 Å². The van der Waals surface area contributed by atoms with Gasteiger partial charge in [0.1, 0.15) is 13.1 Å². The second-order valence-corrected chi connectivity index (χ2v) is 5.32. The first-order valence-electron chi connectivity index (χ1n) is 6.31. The summed E-state index contributed by atoms with van der Waals surface area (Å²) < 4.78 is 0.898. The van der Waals surface area contributed by atoms with Gasteiger partial charge in [-0.05, 0) is 23.6 Å². The fourth-order valence-corrected chi connectivity index (χ4v) is 2.24. The molecule has 1 nitrogen and oxygen atoms in total. The van der Waals surface area contributed by atoms with Crippen molar-refractivity contribution in [3.63, 3.8) is 0 Å².